The smallest absolute Gasteiger partial charge is 0.387 e. The molecule has 0 aliphatic carbocycles. The SMILES string of the molecule is OC(CNc1cc(-c2ccc(C(F)(F)F)c(Cl)c2)ncn1)c1ccc(-n2ccnc2)cc1. The maximum absolute atomic E-state index is 12.9. The third-order valence-corrected chi connectivity index (χ3v) is 5.11. The minimum atomic E-state index is -4.53. The first kappa shape index (κ1) is 21.8. The molecule has 0 fully saturated rings. The summed E-state index contributed by atoms with van der Waals surface area (Å²) < 4.78 is 40.6. The number of rotatable bonds is 6. The summed E-state index contributed by atoms with van der Waals surface area (Å²) in [6.45, 7) is 0.175. The van der Waals surface area contributed by atoms with Gasteiger partial charge in [0.1, 0.15) is 12.1 Å². The Bertz CT molecular complexity index is 1200. The van der Waals surface area contributed by atoms with Gasteiger partial charge in [0.2, 0.25) is 0 Å². The largest absolute Gasteiger partial charge is 0.417 e. The van der Waals surface area contributed by atoms with Crippen LogP contribution >= 0.6 is 11.6 Å². The van der Waals surface area contributed by atoms with E-state index in [1.807, 2.05) is 35.0 Å². The zero-order valence-corrected chi connectivity index (χ0v) is 17.2. The Balaban J connectivity index is 1.43. The number of nitrogens with one attached hydrogen (secondary N) is 1. The minimum Gasteiger partial charge on any atom is -0.387 e. The second-order valence-electron chi connectivity index (χ2n) is 6.94. The molecule has 0 saturated heterocycles. The van der Waals surface area contributed by atoms with Crippen molar-refractivity contribution in [1.29, 1.82) is 0 Å². The van der Waals surface area contributed by atoms with Crippen molar-refractivity contribution in [1.82, 2.24) is 19.5 Å². The highest BCUT2D eigenvalue weighted by Crippen LogP contribution is 2.36. The minimum absolute atomic E-state index is 0.175. The molecule has 4 rings (SSSR count). The molecule has 2 aromatic carbocycles. The lowest BCUT2D eigenvalue weighted by molar-refractivity contribution is -0.137. The Hall–Kier alpha value is -3.43. The van der Waals surface area contributed by atoms with Crippen LogP contribution in [-0.4, -0.2) is 31.2 Å². The average molecular weight is 460 g/mol. The number of nitrogens with zero attached hydrogens (tertiary/aromatic N) is 4. The molecule has 10 heteroatoms. The Morgan fingerprint density at radius 3 is 2.50 bits per heavy atom. The monoisotopic (exact) mass is 459 g/mol. The maximum atomic E-state index is 12.9. The molecule has 2 aromatic heterocycles. The van der Waals surface area contributed by atoms with E-state index < -0.39 is 22.9 Å². The third kappa shape index (κ3) is 4.90. The van der Waals surface area contributed by atoms with Crippen LogP contribution in [0.1, 0.15) is 17.2 Å². The van der Waals surface area contributed by atoms with E-state index in [4.69, 9.17) is 11.6 Å². The van der Waals surface area contributed by atoms with Gasteiger partial charge in [-0.25, -0.2) is 15.0 Å². The predicted octanol–water partition coefficient (Wildman–Crippen LogP) is 5.15. The van der Waals surface area contributed by atoms with Crippen LogP contribution in [0.25, 0.3) is 16.9 Å². The summed E-state index contributed by atoms with van der Waals surface area (Å²) in [4.78, 5) is 12.2. The number of hydrogen-bond acceptors (Lipinski definition) is 5. The van der Waals surface area contributed by atoms with Crippen molar-refractivity contribution in [3.63, 3.8) is 0 Å². The van der Waals surface area contributed by atoms with Crippen molar-refractivity contribution in [2.24, 2.45) is 0 Å². The van der Waals surface area contributed by atoms with E-state index in [1.165, 1.54) is 18.5 Å². The summed E-state index contributed by atoms with van der Waals surface area (Å²) in [7, 11) is 0. The number of imidazole rings is 1. The van der Waals surface area contributed by atoms with Gasteiger partial charge in [0.25, 0.3) is 0 Å². The van der Waals surface area contributed by atoms with Crippen molar-refractivity contribution in [2.45, 2.75) is 12.3 Å². The highest BCUT2D eigenvalue weighted by atomic mass is 35.5. The Morgan fingerprint density at radius 2 is 1.84 bits per heavy atom. The van der Waals surface area contributed by atoms with Crippen LogP contribution in [-0.2, 0) is 6.18 Å². The first-order valence-corrected chi connectivity index (χ1v) is 9.88. The molecule has 2 N–H and O–H groups in total. The second-order valence-corrected chi connectivity index (χ2v) is 7.35. The predicted molar refractivity (Wildman–Crippen MR) is 114 cm³/mol. The van der Waals surface area contributed by atoms with E-state index in [1.54, 1.807) is 18.6 Å². The number of aliphatic hydroxyl groups is 1. The van der Waals surface area contributed by atoms with E-state index in [0.717, 1.165) is 11.8 Å². The summed E-state index contributed by atoms with van der Waals surface area (Å²) in [5.41, 5.74) is 1.55. The quantitative estimate of drug-likeness (QED) is 0.417. The van der Waals surface area contributed by atoms with Gasteiger partial charge in [-0.05, 0) is 29.8 Å². The zero-order chi connectivity index (χ0) is 22.7. The molecule has 0 saturated carbocycles. The molecular formula is C22H17ClF3N5O. The van der Waals surface area contributed by atoms with Crippen LogP contribution in [0.15, 0.2) is 73.6 Å². The Labute approximate surface area is 186 Å². The molecule has 0 radical (unpaired) electrons. The van der Waals surface area contributed by atoms with Gasteiger partial charge in [0.05, 0.1) is 28.7 Å². The maximum Gasteiger partial charge on any atom is 0.417 e. The van der Waals surface area contributed by atoms with Gasteiger partial charge in [-0.15, -0.1) is 0 Å². The fourth-order valence-electron chi connectivity index (χ4n) is 3.12. The molecule has 1 atom stereocenters. The Morgan fingerprint density at radius 1 is 1.06 bits per heavy atom. The summed E-state index contributed by atoms with van der Waals surface area (Å²) in [6.07, 6.45) is 1.15. The average Bonchev–Trinajstić information content (AvgIpc) is 3.32. The number of aromatic nitrogens is 4. The molecule has 164 valence electrons. The normalized spacial score (nSPS) is 12.5. The van der Waals surface area contributed by atoms with E-state index in [-0.39, 0.29) is 6.54 Å². The molecule has 0 aliphatic rings. The van der Waals surface area contributed by atoms with Crippen LogP contribution in [0.2, 0.25) is 5.02 Å². The summed E-state index contributed by atoms with van der Waals surface area (Å²) in [5, 5.41) is 13.1. The second kappa shape index (κ2) is 8.97. The molecule has 6 nitrogen and oxygen atoms in total. The van der Waals surface area contributed by atoms with Crippen LogP contribution in [0, 0.1) is 0 Å². The van der Waals surface area contributed by atoms with Gasteiger partial charge in [0.15, 0.2) is 0 Å². The summed E-state index contributed by atoms with van der Waals surface area (Å²) >= 11 is 5.80. The standard InChI is InChI=1S/C22H17ClF3N5O/c23-18-9-15(3-6-17(18)22(24,25)26)19-10-21(30-12-29-19)28-11-20(32)14-1-4-16(5-2-14)31-8-7-27-13-31/h1-10,12-13,20,32H,11H2,(H,28,29,30). The number of anilines is 1. The Kier molecular flexibility index (Phi) is 6.11. The first-order chi connectivity index (χ1) is 15.3. The molecule has 0 spiro atoms. The summed E-state index contributed by atoms with van der Waals surface area (Å²) in [5.74, 6) is 0.417. The van der Waals surface area contributed by atoms with E-state index in [2.05, 4.69) is 20.3 Å². The lowest BCUT2D eigenvalue weighted by Gasteiger charge is -2.14. The summed E-state index contributed by atoms with van der Waals surface area (Å²) in [6, 6.07) is 12.4. The lowest BCUT2D eigenvalue weighted by Crippen LogP contribution is -2.13. The number of alkyl halides is 3. The topological polar surface area (TPSA) is 75.9 Å². The molecule has 1 unspecified atom stereocenters. The fraction of sp³-hybridized carbons (Fsp3) is 0.136. The van der Waals surface area contributed by atoms with Crippen LogP contribution in [0.3, 0.4) is 0 Å². The number of halogens is 4. The van der Waals surface area contributed by atoms with Gasteiger partial charge < -0.3 is 15.0 Å². The van der Waals surface area contributed by atoms with Crippen molar-refractivity contribution in [3.05, 3.63) is 89.7 Å². The number of hydrogen-bond donors (Lipinski definition) is 2. The molecular weight excluding hydrogens is 443 g/mol. The number of benzene rings is 2. The zero-order valence-electron chi connectivity index (χ0n) is 16.5. The van der Waals surface area contributed by atoms with Gasteiger partial charge >= 0.3 is 6.18 Å². The van der Waals surface area contributed by atoms with E-state index >= 15 is 0 Å². The fourth-order valence-corrected chi connectivity index (χ4v) is 3.40. The highest BCUT2D eigenvalue weighted by molar-refractivity contribution is 6.31. The van der Waals surface area contributed by atoms with Crippen molar-refractivity contribution in [3.8, 4) is 16.9 Å². The number of aliphatic hydroxyl groups excluding tert-OH is 1. The molecule has 32 heavy (non-hydrogen) atoms. The van der Waals surface area contributed by atoms with Crippen molar-refractivity contribution in [2.75, 3.05) is 11.9 Å². The molecule has 4 aromatic rings. The van der Waals surface area contributed by atoms with Crippen molar-refractivity contribution < 1.29 is 18.3 Å². The first-order valence-electron chi connectivity index (χ1n) is 9.50. The van der Waals surface area contributed by atoms with Crippen LogP contribution in [0.4, 0.5) is 19.0 Å². The molecule has 0 aliphatic heterocycles. The lowest BCUT2D eigenvalue weighted by atomic mass is 10.1. The van der Waals surface area contributed by atoms with Crippen molar-refractivity contribution >= 4 is 17.4 Å². The van der Waals surface area contributed by atoms with Gasteiger partial charge in [-0.1, -0.05) is 29.8 Å². The molecule has 2 heterocycles. The highest BCUT2D eigenvalue weighted by Gasteiger charge is 2.33. The van der Waals surface area contributed by atoms with Gasteiger partial charge in [-0.2, -0.15) is 13.2 Å². The third-order valence-electron chi connectivity index (χ3n) is 4.79. The van der Waals surface area contributed by atoms with Crippen LogP contribution < -0.4 is 5.32 Å². The van der Waals surface area contributed by atoms with Gasteiger partial charge in [-0.3, -0.25) is 0 Å². The molecule has 0 bridgehead atoms. The van der Waals surface area contributed by atoms with E-state index in [0.29, 0.717) is 22.6 Å². The van der Waals surface area contributed by atoms with E-state index in [9.17, 15) is 18.3 Å². The molecule has 0 amide bonds. The van der Waals surface area contributed by atoms with Crippen LogP contribution in [0.5, 0.6) is 0 Å². The van der Waals surface area contributed by atoms with Gasteiger partial charge in [0, 0.05) is 36.3 Å².